The lowest BCUT2D eigenvalue weighted by molar-refractivity contribution is 0.308. The molecule has 0 radical (unpaired) electrons. The molecule has 0 N–H and O–H groups in total. The molecule has 4 heteroatoms. The first-order valence-corrected chi connectivity index (χ1v) is 38.2. The van der Waals surface area contributed by atoms with E-state index in [9.17, 15) is 17.6 Å². The van der Waals surface area contributed by atoms with Gasteiger partial charge in [-0.2, -0.15) is 0 Å². The molecular weight excluding hydrogens is 1130 g/mol. The molecule has 0 aliphatic heterocycles. The van der Waals surface area contributed by atoms with Crippen molar-refractivity contribution in [3.8, 4) is 0 Å². The Morgan fingerprint density at radius 1 is 0.250 bits per heavy atom. The Bertz CT molecular complexity index is 2120. The van der Waals surface area contributed by atoms with Gasteiger partial charge in [0.25, 0.3) is 0 Å². The van der Waals surface area contributed by atoms with Crippen molar-refractivity contribution in [2.45, 2.75) is 332 Å². The third-order valence-electron chi connectivity index (χ3n) is 21.3. The van der Waals surface area contributed by atoms with Crippen molar-refractivity contribution in [1.29, 1.82) is 0 Å². The van der Waals surface area contributed by atoms with Gasteiger partial charge >= 0.3 is 0 Å². The van der Waals surface area contributed by atoms with Crippen molar-refractivity contribution in [1.82, 2.24) is 0 Å². The molecule has 0 bridgehead atoms. The topological polar surface area (TPSA) is 0 Å². The molecule has 528 valence electrons. The summed E-state index contributed by atoms with van der Waals surface area (Å²) in [6.07, 6.45) is 49.7. The molecule has 0 amide bonds. The van der Waals surface area contributed by atoms with Gasteiger partial charge in [0, 0.05) is 0 Å². The van der Waals surface area contributed by atoms with Gasteiger partial charge in [0.05, 0.1) is 0 Å². The van der Waals surface area contributed by atoms with Crippen molar-refractivity contribution >= 4 is 0 Å². The third kappa shape index (κ3) is 44.4. The van der Waals surface area contributed by atoms with Crippen LogP contribution in [0.25, 0.3) is 0 Å². The summed E-state index contributed by atoms with van der Waals surface area (Å²) in [6.45, 7) is 47.7. The van der Waals surface area contributed by atoms with E-state index in [0.29, 0.717) is 22.3 Å². The maximum atomic E-state index is 12.6. The Labute approximate surface area is 570 Å². The molecule has 3 aromatic rings. The minimum atomic E-state index is -0.736. The van der Waals surface area contributed by atoms with E-state index in [4.69, 9.17) is 0 Å². The van der Waals surface area contributed by atoms with E-state index in [1.807, 2.05) is 26.0 Å². The molecule has 4 atom stereocenters. The standard InChI is InChI=1S/C8H8F2.2C8H9F.5C8H16.3C8H14/c1-5-3-4-6(2)8(10)7(5)9;2*1-6-3-4-7(2)8(9)5-6;8*1-7-3-5-8(2)6-4-7/h3-4H,1-2H3;2*3-5H,1-2H3;5*7-8H,3-6H2,1-2H3;2*3,8H,4-6H2,1-2H3;3,5,7-8H,4,6H2,1-2H3. The molecule has 4 unspecified atom stereocenters. The summed E-state index contributed by atoms with van der Waals surface area (Å²) in [7, 11) is 0. The summed E-state index contributed by atoms with van der Waals surface area (Å²) < 4.78 is 50.4. The van der Waals surface area contributed by atoms with Crippen LogP contribution in [0.4, 0.5) is 17.6 Å². The fourth-order valence-electron chi connectivity index (χ4n) is 12.6. The first-order chi connectivity index (χ1) is 43.3. The van der Waals surface area contributed by atoms with Gasteiger partial charge in [-0.25, -0.2) is 17.6 Å². The van der Waals surface area contributed by atoms with Gasteiger partial charge in [0.15, 0.2) is 11.6 Å². The Kier molecular flexibility index (Phi) is 47.1. The maximum absolute atomic E-state index is 12.6. The van der Waals surface area contributed by atoms with Crippen molar-refractivity contribution in [2.75, 3.05) is 0 Å². The fraction of sp³-hybridized carbons (Fsp3) is 0.727. The van der Waals surface area contributed by atoms with Crippen LogP contribution in [0.5, 0.6) is 0 Å². The second-order valence-corrected chi connectivity index (χ2v) is 32.4. The molecule has 0 spiro atoms. The Balaban J connectivity index is 0.000000506. The highest BCUT2D eigenvalue weighted by molar-refractivity contribution is 5.24. The monoisotopic (exact) mass is 1280 g/mol. The average Bonchev–Trinajstić information content (AvgIpc) is 3.65. The quantitative estimate of drug-likeness (QED) is 0.155. The minimum Gasteiger partial charge on any atom is -0.207 e. The van der Waals surface area contributed by atoms with Gasteiger partial charge in [-0.1, -0.05) is 297 Å². The smallest absolute Gasteiger partial charge is 0.161 e. The van der Waals surface area contributed by atoms with E-state index in [-0.39, 0.29) is 11.6 Å². The number of halogens is 4. The summed E-state index contributed by atoms with van der Waals surface area (Å²) in [5, 5.41) is 0. The number of allylic oxidation sites excluding steroid dienone is 6. The highest BCUT2D eigenvalue weighted by Crippen LogP contribution is 2.31. The van der Waals surface area contributed by atoms with Crippen LogP contribution in [0.1, 0.15) is 324 Å². The highest BCUT2D eigenvalue weighted by Gasteiger charge is 2.17. The van der Waals surface area contributed by atoms with Crippen LogP contribution in [-0.2, 0) is 0 Å². The molecule has 11 rings (SSSR count). The highest BCUT2D eigenvalue weighted by atomic mass is 19.2. The van der Waals surface area contributed by atoms with Crippen LogP contribution in [-0.4, -0.2) is 0 Å². The summed E-state index contributed by atoms with van der Waals surface area (Å²) in [6, 6.07) is 13.6. The number of benzene rings is 3. The van der Waals surface area contributed by atoms with E-state index in [1.165, 1.54) is 206 Å². The lowest BCUT2D eigenvalue weighted by Crippen LogP contribution is -2.08. The maximum Gasteiger partial charge on any atom is 0.161 e. The largest absolute Gasteiger partial charge is 0.207 e. The fourth-order valence-corrected chi connectivity index (χ4v) is 12.6. The Morgan fingerprint density at radius 3 is 0.609 bits per heavy atom. The molecule has 0 aromatic heterocycles. The summed E-state index contributed by atoms with van der Waals surface area (Å²) in [5.74, 6) is 12.1. The van der Waals surface area contributed by atoms with E-state index in [2.05, 4.69) is 135 Å². The average molecular weight is 1280 g/mol. The van der Waals surface area contributed by atoms with Crippen LogP contribution in [0.3, 0.4) is 0 Å². The first-order valence-electron chi connectivity index (χ1n) is 38.2. The number of hydrogen-bond donors (Lipinski definition) is 0. The van der Waals surface area contributed by atoms with Gasteiger partial charge in [-0.3, -0.25) is 0 Å². The second kappa shape index (κ2) is 50.0. The van der Waals surface area contributed by atoms with E-state index < -0.39 is 11.6 Å². The zero-order valence-electron chi connectivity index (χ0n) is 64.3. The second-order valence-electron chi connectivity index (χ2n) is 32.4. The van der Waals surface area contributed by atoms with E-state index >= 15 is 0 Å². The predicted octanol–water partition coefficient (Wildman–Crippen LogP) is 29.7. The van der Waals surface area contributed by atoms with Gasteiger partial charge < -0.3 is 0 Å². The molecule has 5 saturated carbocycles. The minimum absolute atomic E-state index is 0.116. The molecule has 8 aliphatic rings. The zero-order chi connectivity index (χ0) is 69.3. The number of aryl methyl sites for hydroxylation is 6. The summed E-state index contributed by atoms with van der Waals surface area (Å²) >= 11 is 0. The molecule has 3 aromatic carbocycles. The molecular formula is C88H148F4. The normalized spacial score (nSPS) is 28.7. The van der Waals surface area contributed by atoms with Crippen molar-refractivity contribution in [2.24, 2.45) is 82.9 Å². The molecule has 5 fully saturated rings. The first kappa shape index (κ1) is 86.6. The summed E-state index contributed by atoms with van der Waals surface area (Å²) in [5.41, 5.74) is 7.23. The molecule has 92 heavy (non-hydrogen) atoms. The Hall–Kier alpha value is -3.40. The van der Waals surface area contributed by atoms with Crippen LogP contribution in [0.2, 0.25) is 0 Å². The third-order valence-corrected chi connectivity index (χ3v) is 21.3. The van der Waals surface area contributed by atoms with E-state index in [0.717, 1.165) is 94.0 Å². The van der Waals surface area contributed by atoms with Crippen LogP contribution < -0.4 is 0 Å². The van der Waals surface area contributed by atoms with Crippen molar-refractivity contribution < 1.29 is 17.6 Å². The lowest BCUT2D eigenvalue weighted by atomic mass is 9.84. The van der Waals surface area contributed by atoms with Crippen molar-refractivity contribution in [3.63, 3.8) is 0 Å². The molecule has 8 aliphatic carbocycles. The molecule has 0 nitrogen and oxygen atoms in total. The van der Waals surface area contributed by atoms with E-state index in [1.54, 1.807) is 49.3 Å². The van der Waals surface area contributed by atoms with Crippen LogP contribution in [0, 0.1) is 148 Å². The van der Waals surface area contributed by atoms with Gasteiger partial charge in [-0.15, -0.1) is 0 Å². The molecule has 0 saturated heterocycles. The SMILES string of the molecule is CC1=CCC(C)CC1.CC1=CCC(C)CC1.CC1C=CC(C)CC1.CC1CCC(C)CC1.CC1CCC(C)CC1.CC1CCC(C)CC1.CC1CCC(C)CC1.CC1CCC(C)CC1.Cc1ccc(C)c(F)c1.Cc1ccc(C)c(F)c1.Cc1ccc(C)c(F)c1F. The zero-order valence-corrected chi connectivity index (χ0v) is 64.3. The van der Waals surface area contributed by atoms with Crippen molar-refractivity contribution in [3.05, 3.63) is 141 Å². The summed E-state index contributed by atoms with van der Waals surface area (Å²) in [4.78, 5) is 0. The molecule has 0 heterocycles. The number of rotatable bonds is 0. The number of hydrogen-bond acceptors (Lipinski definition) is 0. The van der Waals surface area contributed by atoms with Crippen LogP contribution in [0.15, 0.2) is 84.0 Å². The van der Waals surface area contributed by atoms with Gasteiger partial charge in [-0.05, 0) is 235 Å². The lowest BCUT2D eigenvalue weighted by Gasteiger charge is -2.22. The van der Waals surface area contributed by atoms with Crippen LogP contribution >= 0.6 is 0 Å². The van der Waals surface area contributed by atoms with Gasteiger partial charge in [0.1, 0.15) is 11.6 Å². The van der Waals surface area contributed by atoms with Gasteiger partial charge in [0.2, 0.25) is 0 Å². The predicted molar refractivity (Wildman–Crippen MR) is 402 cm³/mol. The Morgan fingerprint density at radius 2 is 0.457 bits per heavy atom.